The standard InChI is InChI=1S/C11H7F4NS2/c12-8-4-2-1-3-7(8)5-17-10-9(11(13,14)15)16-6-18-10/h1-4,6H,5H2. The molecule has 0 N–H and O–H groups in total. The van der Waals surface area contributed by atoms with Gasteiger partial charge in [0.25, 0.3) is 0 Å². The molecule has 1 nitrogen and oxygen atoms in total. The van der Waals surface area contributed by atoms with Crippen molar-refractivity contribution in [2.24, 2.45) is 0 Å². The van der Waals surface area contributed by atoms with Crippen molar-refractivity contribution in [1.82, 2.24) is 4.98 Å². The molecule has 1 heterocycles. The summed E-state index contributed by atoms with van der Waals surface area (Å²) in [6.07, 6.45) is -4.46. The highest BCUT2D eigenvalue weighted by Gasteiger charge is 2.36. The number of thiazole rings is 1. The maximum Gasteiger partial charge on any atom is 0.435 e. The Labute approximate surface area is 109 Å². The molecule has 0 aliphatic rings. The zero-order valence-electron chi connectivity index (χ0n) is 8.87. The summed E-state index contributed by atoms with van der Waals surface area (Å²) in [6, 6.07) is 6.03. The fourth-order valence-corrected chi connectivity index (χ4v) is 3.22. The monoisotopic (exact) mass is 293 g/mol. The first-order chi connectivity index (χ1) is 8.48. The fourth-order valence-electron chi connectivity index (χ4n) is 1.29. The van der Waals surface area contributed by atoms with Gasteiger partial charge in [-0.05, 0) is 11.6 Å². The summed E-state index contributed by atoms with van der Waals surface area (Å²) in [5.74, 6) is -0.263. The minimum atomic E-state index is -4.46. The van der Waals surface area contributed by atoms with Gasteiger partial charge in [0.1, 0.15) is 5.82 Å². The first kappa shape index (κ1) is 13.4. The van der Waals surface area contributed by atoms with Gasteiger partial charge in [-0.25, -0.2) is 9.37 Å². The molecule has 0 amide bonds. The minimum Gasteiger partial charge on any atom is -0.239 e. The maximum atomic E-state index is 13.3. The van der Waals surface area contributed by atoms with Gasteiger partial charge in [0.15, 0.2) is 5.69 Å². The van der Waals surface area contributed by atoms with Crippen molar-refractivity contribution in [3.05, 3.63) is 46.9 Å². The Balaban J connectivity index is 2.12. The highest BCUT2D eigenvalue weighted by Crippen LogP contribution is 2.39. The summed E-state index contributed by atoms with van der Waals surface area (Å²) in [4.78, 5) is 3.30. The van der Waals surface area contributed by atoms with Gasteiger partial charge in [0, 0.05) is 5.75 Å². The normalized spacial score (nSPS) is 11.8. The summed E-state index contributed by atoms with van der Waals surface area (Å²) < 4.78 is 51.0. The van der Waals surface area contributed by atoms with E-state index in [0.717, 1.165) is 28.6 Å². The number of halogens is 4. The smallest absolute Gasteiger partial charge is 0.239 e. The topological polar surface area (TPSA) is 12.9 Å². The lowest BCUT2D eigenvalue weighted by Crippen LogP contribution is -2.06. The van der Waals surface area contributed by atoms with E-state index < -0.39 is 17.7 Å². The van der Waals surface area contributed by atoms with Crippen molar-refractivity contribution in [2.45, 2.75) is 16.1 Å². The summed E-state index contributed by atoms with van der Waals surface area (Å²) in [5, 5.41) is 0. The SMILES string of the molecule is Fc1ccccc1CSc1scnc1C(F)(F)F. The van der Waals surface area contributed by atoms with Gasteiger partial charge in [-0.15, -0.1) is 23.1 Å². The van der Waals surface area contributed by atoms with E-state index in [1.54, 1.807) is 12.1 Å². The quantitative estimate of drug-likeness (QED) is 0.606. The lowest BCUT2D eigenvalue weighted by molar-refractivity contribution is -0.142. The van der Waals surface area contributed by atoms with Crippen LogP contribution in [0.15, 0.2) is 34.0 Å². The molecular formula is C11H7F4NS2. The molecule has 0 radical (unpaired) electrons. The molecule has 2 rings (SSSR count). The zero-order chi connectivity index (χ0) is 13.2. The lowest BCUT2D eigenvalue weighted by atomic mass is 10.2. The van der Waals surface area contributed by atoms with Crippen LogP contribution in [0, 0.1) is 5.82 Å². The molecule has 0 saturated heterocycles. The van der Waals surface area contributed by atoms with Crippen molar-refractivity contribution in [3.8, 4) is 0 Å². The molecule has 0 bridgehead atoms. The molecule has 2 aromatic rings. The van der Waals surface area contributed by atoms with E-state index in [1.807, 2.05) is 0 Å². The molecule has 1 aromatic carbocycles. The van der Waals surface area contributed by atoms with E-state index in [0.29, 0.717) is 5.56 Å². The number of alkyl halides is 3. The number of nitrogens with zero attached hydrogens (tertiary/aromatic N) is 1. The second-order valence-corrected chi connectivity index (χ2v) is 5.47. The van der Waals surface area contributed by atoms with Crippen LogP contribution in [-0.4, -0.2) is 4.98 Å². The molecule has 0 unspecified atom stereocenters. The predicted molar refractivity (Wildman–Crippen MR) is 63.1 cm³/mol. The molecule has 96 valence electrons. The zero-order valence-corrected chi connectivity index (χ0v) is 10.5. The Bertz CT molecular complexity index is 536. The van der Waals surface area contributed by atoms with E-state index in [9.17, 15) is 17.6 Å². The Morgan fingerprint density at radius 2 is 1.94 bits per heavy atom. The average Bonchev–Trinajstić information content (AvgIpc) is 2.76. The summed E-state index contributed by atoms with van der Waals surface area (Å²) in [6.45, 7) is 0. The van der Waals surface area contributed by atoms with Gasteiger partial charge >= 0.3 is 6.18 Å². The molecule has 18 heavy (non-hydrogen) atoms. The van der Waals surface area contributed by atoms with Crippen LogP contribution in [-0.2, 0) is 11.9 Å². The van der Waals surface area contributed by atoms with Gasteiger partial charge in [-0.1, -0.05) is 18.2 Å². The number of aromatic nitrogens is 1. The van der Waals surface area contributed by atoms with Crippen LogP contribution >= 0.6 is 23.1 Å². The molecule has 0 aliphatic heterocycles. The number of benzene rings is 1. The fraction of sp³-hybridized carbons (Fsp3) is 0.182. The average molecular weight is 293 g/mol. The second kappa shape index (κ2) is 5.27. The van der Waals surface area contributed by atoms with Gasteiger partial charge in [-0.2, -0.15) is 13.2 Å². The van der Waals surface area contributed by atoms with Gasteiger partial charge in [0.2, 0.25) is 0 Å². The summed E-state index contributed by atoms with van der Waals surface area (Å²) >= 11 is 1.85. The van der Waals surface area contributed by atoms with Crippen LogP contribution in [0.2, 0.25) is 0 Å². The van der Waals surface area contributed by atoms with Crippen molar-refractivity contribution in [3.63, 3.8) is 0 Å². The summed E-state index contributed by atoms with van der Waals surface area (Å²) in [7, 11) is 0. The van der Waals surface area contributed by atoms with E-state index in [4.69, 9.17) is 0 Å². The highest BCUT2D eigenvalue weighted by atomic mass is 32.2. The highest BCUT2D eigenvalue weighted by molar-refractivity contribution is 8.00. The van der Waals surface area contributed by atoms with Gasteiger partial charge < -0.3 is 0 Å². The third-order valence-corrected chi connectivity index (χ3v) is 4.29. The molecule has 7 heteroatoms. The first-order valence-corrected chi connectivity index (χ1v) is 6.72. The number of thioether (sulfide) groups is 1. The Kier molecular flexibility index (Phi) is 3.91. The van der Waals surface area contributed by atoms with Gasteiger partial charge in [0.05, 0.1) is 9.72 Å². The summed E-state index contributed by atoms with van der Waals surface area (Å²) in [5.41, 5.74) is 0.629. The van der Waals surface area contributed by atoms with Crippen LogP contribution < -0.4 is 0 Å². The van der Waals surface area contributed by atoms with Crippen molar-refractivity contribution in [2.75, 3.05) is 0 Å². The van der Waals surface area contributed by atoms with Crippen molar-refractivity contribution < 1.29 is 17.6 Å². The predicted octanol–water partition coefficient (Wildman–Crippen LogP) is 4.59. The van der Waals surface area contributed by atoms with Gasteiger partial charge in [-0.3, -0.25) is 0 Å². The van der Waals surface area contributed by atoms with Crippen LogP contribution in [0.4, 0.5) is 17.6 Å². The van der Waals surface area contributed by atoms with Crippen LogP contribution in [0.25, 0.3) is 0 Å². The van der Waals surface area contributed by atoms with E-state index in [-0.39, 0.29) is 9.96 Å². The lowest BCUT2D eigenvalue weighted by Gasteiger charge is -2.06. The van der Waals surface area contributed by atoms with Crippen molar-refractivity contribution in [1.29, 1.82) is 0 Å². The largest absolute Gasteiger partial charge is 0.435 e. The number of hydrogen-bond donors (Lipinski definition) is 0. The third kappa shape index (κ3) is 3.02. The van der Waals surface area contributed by atoms with Crippen LogP contribution in [0.1, 0.15) is 11.3 Å². The van der Waals surface area contributed by atoms with E-state index >= 15 is 0 Å². The molecule has 0 fully saturated rings. The molecule has 0 saturated carbocycles. The Hall–Kier alpha value is -1.08. The maximum absolute atomic E-state index is 13.3. The number of rotatable bonds is 3. The Morgan fingerprint density at radius 1 is 1.22 bits per heavy atom. The van der Waals surface area contributed by atoms with Crippen LogP contribution in [0.5, 0.6) is 0 Å². The third-order valence-electron chi connectivity index (χ3n) is 2.12. The minimum absolute atomic E-state index is 0.0609. The molecule has 0 aliphatic carbocycles. The second-order valence-electron chi connectivity index (χ2n) is 3.37. The van der Waals surface area contributed by atoms with Crippen LogP contribution in [0.3, 0.4) is 0 Å². The molecule has 0 atom stereocenters. The molecular weight excluding hydrogens is 286 g/mol. The number of hydrogen-bond acceptors (Lipinski definition) is 3. The van der Waals surface area contributed by atoms with E-state index in [1.165, 1.54) is 12.1 Å². The molecule has 0 spiro atoms. The van der Waals surface area contributed by atoms with Crippen molar-refractivity contribution >= 4 is 23.1 Å². The first-order valence-electron chi connectivity index (χ1n) is 4.85. The van der Waals surface area contributed by atoms with E-state index in [2.05, 4.69) is 4.98 Å². The molecule has 1 aromatic heterocycles. The Morgan fingerprint density at radius 3 is 2.61 bits per heavy atom.